The second kappa shape index (κ2) is 8.58. The fourth-order valence-electron chi connectivity index (χ4n) is 1.40. The lowest BCUT2D eigenvalue weighted by atomic mass is 10.2. The molecular weight excluding hydrogens is 248 g/mol. The number of carbonyl (C=O) groups excluding carboxylic acids is 2. The molecule has 0 heterocycles. The van der Waals surface area contributed by atoms with E-state index >= 15 is 0 Å². The van der Waals surface area contributed by atoms with Gasteiger partial charge in [-0.3, -0.25) is 9.59 Å². The van der Waals surface area contributed by atoms with Crippen LogP contribution in [0.5, 0.6) is 0 Å². The van der Waals surface area contributed by atoms with Crippen molar-refractivity contribution in [1.82, 2.24) is 10.6 Å². The Morgan fingerprint density at radius 3 is 2.22 bits per heavy atom. The van der Waals surface area contributed by atoms with E-state index < -0.39 is 0 Å². The first-order valence-electron chi connectivity index (χ1n) is 5.90. The van der Waals surface area contributed by atoms with Crippen LogP contribution >= 0.6 is 12.6 Å². The number of rotatable bonds is 7. The van der Waals surface area contributed by atoms with E-state index in [-0.39, 0.29) is 24.7 Å². The Labute approximate surface area is 113 Å². The first-order chi connectivity index (χ1) is 8.72. The molecule has 0 saturated heterocycles. The van der Waals surface area contributed by atoms with Crippen molar-refractivity contribution >= 4 is 24.4 Å². The molecule has 1 aromatic rings. The number of hydrogen-bond donors (Lipinski definition) is 3. The summed E-state index contributed by atoms with van der Waals surface area (Å²) < 4.78 is 0. The van der Waals surface area contributed by atoms with Gasteiger partial charge in [0, 0.05) is 31.7 Å². The molecule has 0 aliphatic rings. The third kappa shape index (κ3) is 6.30. The van der Waals surface area contributed by atoms with E-state index in [0.717, 1.165) is 5.56 Å². The zero-order chi connectivity index (χ0) is 13.2. The molecule has 2 amide bonds. The summed E-state index contributed by atoms with van der Waals surface area (Å²) in [5, 5.41) is 5.44. The van der Waals surface area contributed by atoms with E-state index in [1.165, 1.54) is 0 Å². The minimum Gasteiger partial charge on any atom is -0.355 e. The fraction of sp³-hybridized carbons (Fsp3) is 0.385. The number of benzene rings is 1. The predicted molar refractivity (Wildman–Crippen MR) is 74.4 cm³/mol. The van der Waals surface area contributed by atoms with Crippen molar-refractivity contribution in [3.8, 4) is 0 Å². The van der Waals surface area contributed by atoms with Crippen molar-refractivity contribution in [2.24, 2.45) is 0 Å². The molecule has 0 aromatic heterocycles. The molecular formula is C13H18N2O2S. The fourth-order valence-corrected chi connectivity index (χ4v) is 1.51. The van der Waals surface area contributed by atoms with Gasteiger partial charge in [0.1, 0.15) is 0 Å². The van der Waals surface area contributed by atoms with Crippen molar-refractivity contribution in [3.63, 3.8) is 0 Å². The quantitative estimate of drug-likeness (QED) is 0.648. The maximum atomic E-state index is 11.5. The van der Waals surface area contributed by atoms with Crippen molar-refractivity contribution in [3.05, 3.63) is 35.9 Å². The number of nitrogens with one attached hydrogen (secondary N) is 2. The summed E-state index contributed by atoms with van der Waals surface area (Å²) >= 11 is 3.98. The van der Waals surface area contributed by atoms with Gasteiger partial charge in [0.05, 0.1) is 0 Å². The van der Waals surface area contributed by atoms with E-state index in [4.69, 9.17) is 0 Å². The van der Waals surface area contributed by atoms with Crippen molar-refractivity contribution < 1.29 is 9.59 Å². The van der Waals surface area contributed by atoms with Gasteiger partial charge in [0.2, 0.25) is 11.8 Å². The molecule has 0 atom stereocenters. The molecule has 0 aliphatic heterocycles. The van der Waals surface area contributed by atoms with E-state index in [0.29, 0.717) is 18.8 Å². The summed E-state index contributed by atoms with van der Waals surface area (Å²) in [4.78, 5) is 22.7. The molecule has 5 heteroatoms. The van der Waals surface area contributed by atoms with Crippen LogP contribution in [-0.4, -0.2) is 24.1 Å². The second-order valence-electron chi connectivity index (χ2n) is 3.84. The van der Waals surface area contributed by atoms with E-state index in [1.807, 2.05) is 30.3 Å². The predicted octanol–water partition coefficient (Wildman–Crippen LogP) is 1.13. The van der Waals surface area contributed by atoms with Gasteiger partial charge in [-0.25, -0.2) is 0 Å². The Morgan fingerprint density at radius 2 is 1.61 bits per heavy atom. The van der Waals surface area contributed by atoms with Gasteiger partial charge in [0.25, 0.3) is 0 Å². The van der Waals surface area contributed by atoms with E-state index in [1.54, 1.807) is 0 Å². The molecule has 4 nitrogen and oxygen atoms in total. The highest BCUT2D eigenvalue weighted by atomic mass is 32.1. The Balaban J connectivity index is 2.16. The van der Waals surface area contributed by atoms with Crippen LogP contribution in [0.3, 0.4) is 0 Å². The molecule has 0 unspecified atom stereocenters. The maximum Gasteiger partial charge on any atom is 0.220 e. The van der Waals surface area contributed by atoms with Gasteiger partial charge < -0.3 is 10.6 Å². The average Bonchev–Trinajstić information content (AvgIpc) is 2.41. The largest absolute Gasteiger partial charge is 0.355 e. The summed E-state index contributed by atoms with van der Waals surface area (Å²) in [5.74, 6) is 0.380. The SMILES string of the molecule is O=C(CCC(=O)NCc1ccccc1)NCCS. The number of hydrogen-bond acceptors (Lipinski definition) is 3. The Morgan fingerprint density at radius 1 is 1.00 bits per heavy atom. The lowest BCUT2D eigenvalue weighted by molar-refractivity contribution is -0.126. The van der Waals surface area contributed by atoms with Crippen LogP contribution < -0.4 is 10.6 Å². The Bertz CT molecular complexity index is 382. The van der Waals surface area contributed by atoms with Crippen LogP contribution in [0, 0.1) is 0 Å². The minimum absolute atomic E-state index is 0.111. The van der Waals surface area contributed by atoms with Crippen LogP contribution in [0.15, 0.2) is 30.3 Å². The lowest BCUT2D eigenvalue weighted by Crippen LogP contribution is -2.28. The average molecular weight is 266 g/mol. The van der Waals surface area contributed by atoms with Crippen LogP contribution in [-0.2, 0) is 16.1 Å². The number of carbonyl (C=O) groups is 2. The van der Waals surface area contributed by atoms with Gasteiger partial charge in [-0.15, -0.1) is 0 Å². The molecule has 0 fully saturated rings. The summed E-state index contributed by atoms with van der Waals surface area (Å²) in [5.41, 5.74) is 1.05. The second-order valence-corrected chi connectivity index (χ2v) is 4.28. The molecule has 0 spiro atoms. The van der Waals surface area contributed by atoms with Crippen LogP contribution in [0.4, 0.5) is 0 Å². The molecule has 98 valence electrons. The number of thiol groups is 1. The van der Waals surface area contributed by atoms with Gasteiger partial charge in [0.15, 0.2) is 0 Å². The molecule has 0 bridgehead atoms. The highest BCUT2D eigenvalue weighted by molar-refractivity contribution is 7.80. The van der Waals surface area contributed by atoms with E-state index in [9.17, 15) is 9.59 Å². The van der Waals surface area contributed by atoms with Crippen molar-refractivity contribution in [2.45, 2.75) is 19.4 Å². The summed E-state index contributed by atoms with van der Waals surface area (Å²) in [6.07, 6.45) is 0.430. The summed E-state index contributed by atoms with van der Waals surface area (Å²) in [6, 6.07) is 9.66. The molecule has 0 radical (unpaired) electrons. The molecule has 1 rings (SSSR count). The first-order valence-corrected chi connectivity index (χ1v) is 6.54. The summed E-state index contributed by atoms with van der Waals surface area (Å²) in [7, 11) is 0. The molecule has 18 heavy (non-hydrogen) atoms. The molecule has 1 aromatic carbocycles. The third-order valence-corrected chi connectivity index (χ3v) is 2.57. The Hall–Kier alpha value is -1.49. The van der Waals surface area contributed by atoms with E-state index in [2.05, 4.69) is 23.3 Å². The minimum atomic E-state index is -0.112. The van der Waals surface area contributed by atoms with Gasteiger partial charge in [-0.05, 0) is 5.56 Å². The zero-order valence-electron chi connectivity index (χ0n) is 10.2. The summed E-state index contributed by atoms with van der Waals surface area (Å²) in [6.45, 7) is 1.03. The van der Waals surface area contributed by atoms with Crippen LogP contribution in [0.25, 0.3) is 0 Å². The normalized spacial score (nSPS) is 9.83. The van der Waals surface area contributed by atoms with Crippen molar-refractivity contribution in [1.29, 1.82) is 0 Å². The van der Waals surface area contributed by atoms with Gasteiger partial charge in [-0.2, -0.15) is 12.6 Å². The zero-order valence-corrected chi connectivity index (χ0v) is 11.1. The third-order valence-electron chi connectivity index (χ3n) is 2.35. The van der Waals surface area contributed by atoms with Crippen LogP contribution in [0.2, 0.25) is 0 Å². The van der Waals surface area contributed by atoms with Gasteiger partial charge >= 0.3 is 0 Å². The highest BCUT2D eigenvalue weighted by Crippen LogP contribution is 1.98. The van der Waals surface area contributed by atoms with Gasteiger partial charge in [-0.1, -0.05) is 30.3 Å². The lowest BCUT2D eigenvalue weighted by Gasteiger charge is -2.05. The molecule has 2 N–H and O–H groups in total. The standard InChI is InChI=1S/C13H18N2O2S/c16-12(14-8-9-18)6-7-13(17)15-10-11-4-2-1-3-5-11/h1-5,18H,6-10H2,(H,14,16)(H,15,17). The number of amides is 2. The monoisotopic (exact) mass is 266 g/mol. The highest BCUT2D eigenvalue weighted by Gasteiger charge is 2.05. The van der Waals surface area contributed by atoms with Crippen molar-refractivity contribution in [2.75, 3.05) is 12.3 Å². The Kier molecular flexibility index (Phi) is 6.94. The molecule has 0 aliphatic carbocycles. The molecule has 0 saturated carbocycles. The van der Waals surface area contributed by atoms with Crippen LogP contribution in [0.1, 0.15) is 18.4 Å². The smallest absolute Gasteiger partial charge is 0.220 e. The maximum absolute atomic E-state index is 11.5. The topological polar surface area (TPSA) is 58.2 Å². The first kappa shape index (κ1) is 14.6.